The van der Waals surface area contributed by atoms with E-state index in [0.29, 0.717) is 22.8 Å². The molecule has 0 aliphatic heterocycles. The van der Waals surface area contributed by atoms with E-state index in [-0.39, 0.29) is 10.9 Å². The van der Waals surface area contributed by atoms with Crippen molar-refractivity contribution in [3.8, 4) is 0 Å². The molecular weight excluding hydrogens is 478 g/mol. The van der Waals surface area contributed by atoms with Gasteiger partial charge in [-0.1, -0.05) is 31.9 Å². The summed E-state index contributed by atoms with van der Waals surface area (Å²) in [5, 5.41) is 0.697. The molecule has 0 bridgehead atoms. The van der Waals surface area contributed by atoms with Crippen LogP contribution in [0.15, 0.2) is 26.0 Å². The summed E-state index contributed by atoms with van der Waals surface area (Å²) in [4.78, 5) is 0.214. The molecule has 0 saturated heterocycles. The summed E-state index contributed by atoms with van der Waals surface area (Å²) in [5.41, 5.74) is 0.963. The van der Waals surface area contributed by atoms with Crippen molar-refractivity contribution in [3.05, 3.63) is 26.6 Å². The summed E-state index contributed by atoms with van der Waals surface area (Å²) >= 11 is 9.97. The van der Waals surface area contributed by atoms with Gasteiger partial charge in [-0.2, -0.15) is 0 Å². The lowest BCUT2D eigenvalue weighted by molar-refractivity contribution is 0.173. The van der Waals surface area contributed by atoms with Gasteiger partial charge in [-0.25, -0.2) is 13.1 Å². The number of ether oxygens (including phenoxy) is 1. The minimum Gasteiger partial charge on any atom is -0.383 e. The van der Waals surface area contributed by atoms with Crippen molar-refractivity contribution < 1.29 is 13.2 Å². The summed E-state index contributed by atoms with van der Waals surface area (Å²) in [6, 6.07) is 3.10. The Morgan fingerprint density at radius 3 is 2.50 bits per heavy atom. The molecule has 8 heteroatoms. The largest absolute Gasteiger partial charge is 0.383 e. The first-order valence-corrected chi connectivity index (χ1v) is 10.0. The van der Waals surface area contributed by atoms with Gasteiger partial charge in [-0.15, -0.1) is 0 Å². The van der Waals surface area contributed by atoms with Crippen LogP contribution in [0.5, 0.6) is 0 Å². The molecule has 0 aliphatic carbocycles. The van der Waals surface area contributed by atoms with Crippen LogP contribution in [0.2, 0.25) is 0 Å². The maximum absolute atomic E-state index is 12.4. The first-order valence-electron chi connectivity index (χ1n) is 5.84. The highest BCUT2D eigenvalue weighted by Crippen LogP contribution is 2.29. The third-order valence-electron chi connectivity index (χ3n) is 2.65. The average molecular weight is 494 g/mol. The van der Waals surface area contributed by atoms with Gasteiger partial charge in [0.15, 0.2) is 0 Å². The molecule has 0 spiro atoms. The van der Waals surface area contributed by atoms with Gasteiger partial charge in [0.2, 0.25) is 10.0 Å². The Morgan fingerprint density at radius 2 is 1.95 bits per heavy atom. The standard InChI is InChI=1S/C12H16Br3NO3S/c1-8-5-11(15)12(6-10(8)14)20(17,18)16-9(3-4-13)7-19-2/h5-6,9,16H,3-4,7H2,1-2H3. The second-order valence-electron chi connectivity index (χ2n) is 4.28. The van der Waals surface area contributed by atoms with Crippen molar-refractivity contribution in [1.29, 1.82) is 0 Å². The van der Waals surface area contributed by atoms with Crippen LogP contribution in [0.25, 0.3) is 0 Å². The number of hydrogen-bond donors (Lipinski definition) is 1. The van der Waals surface area contributed by atoms with Crippen LogP contribution in [-0.2, 0) is 14.8 Å². The molecule has 0 aromatic heterocycles. The summed E-state index contributed by atoms with van der Waals surface area (Å²) in [6.07, 6.45) is 0.651. The molecule has 0 aliphatic rings. The van der Waals surface area contributed by atoms with Gasteiger partial charge in [-0.3, -0.25) is 0 Å². The quantitative estimate of drug-likeness (QED) is 0.590. The Morgan fingerprint density at radius 1 is 1.30 bits per heavy atom. The van der Waals surface area contributed by atoms with E-state index in [1.807, 2.05) is 6.92 Å². The van der Waals surface area contributed by atoms with Gasteiger partial charge in [0.05, 0.1) is 11.5 Å². The lowest BCUT2D eigenvalue weighted by Crippen LogP contribution is -2.38. The molecule has 0 fully saturated rings. The molecular formula is C12H16Br3NO3S. The Hall–Kier alpha value is 0.530. The van der Waals surface area contributed by atoms with Crippen molar-refractivity contribution >= 4 is 57.8 Å². The van der Waals surface area contributed by atoms with Crippen LogP contribution in [0.4, 0.5) is 0 Å². The lowest BCUT2D eigenvalue weighted by atomic mass is 10.2. The monoisotopic (exact) mass is 491 g/mol. The van der Waals surface area contributed by atoms with E-state index in [4.69, 9.17) is 4.74 Å². The molecule has 1 unspecified atom stereocenters. The molecule has 0 amide bonds. The van der Waals surface area contributed by atoms with E-state index in [1.54, 1.807) is 19.2 Å². The molecule has 0 heterocycles. The van der Waals surface area contributed by atoms with E-state index >= 15 is 0 Å². The highest BCUT2D eigenvalue weighted by molar-refractivity contribution is 9.11. The van der Waals surface area contributed by atoms with Gasteiger partial charge in [-0.05, 0) is 47.0 Å². The number of methoxy groups -OCH3 is 1. The molecule has 1 atom stereocenters. The molecule has 1 rings (SSSR count). The minimum atomic E-state index is -3.60. The number of sulfonamides is 1. The molecule has 1 aromatic carbocycles. The third-order valence-corrected chi connectivity index (χ3v) is 6.44. The highest BCUT2D eigenvalue weighted by Gasteiger charge is 2.23. The van der Waals surface area contributed by atoms with Crippen LogP contribution < -0.4 is 4.72 Å². The minimum absolute atomic E-state index is 0.214. The summed E-state index contributed by atoms with van der Waals surface area (Å²) < 4.78 is 33.9. The molecule has 1 N–H and O–H groups in total. The summed E-state index contributed by atoms with van der Waals surface area (Å²) in [5.74, 6) is 0. The number of rotatable bonds is 7. The number of alkyl halides is 1. The Labute approximate surface area is 145 Å². The van der Waals surface area contributed by atoms with E-state index < -0.39 is 10.0 Å². The van der Waals surface area contributed by atoms with Crippen LogP contribution in [-0.4, -0.2) is 33.5 Å². The zero-order valence-corrected chi connectivity index (χ0v) is 16.7. The van der Waals surface area contributed by atoms with Gasteiger partial charge >= 0.3 is 0 Å². The van der Waals surface area contributed by atoms with Gasteiger partial charge in [0.1, 0.15) is 0 Å². The fraction of sp³-hybridized carbons (Fsp3) is 0.500. The zero-order valence-electron chi connectivity index (χ0n) is 11.1. The van der Waals surface area contributed by atoms with Crippen molar-refractivity contribution in [3.63, 3.8) is 0 Å². The van der Waals surface area contributed by atoms with Crippen LogP contribution in [0, 0.1) is 6.92 Å². The fourth-order valence-corrected chi connectivity index (χ4v) is 5.11. The number of nitrogens with one attached hydrogen (secondary N) is 1. The SMILES string of the molecule is COCC(CCBr)NS(=O)(=O)c1cc(Br)c(C)cc1Br. The first kappa shape index (κ1) is 18.6. The fourth-order valence-electron chi connectivity index (χ4n) is 1.63. The van der Waals surface area contributed by atoms with E-state index in [0.717, 1.165) is 10.0 Å². The normalized spacial score (nSPS) is 13.4. The summed E-state index contributed by atoms with van der Waals surface area (Å²) in [7, 11) is -2.05. The van der Waals surface area contributed by atoms with Crippen LogP contribution in [0.1, 0.15) is 12.0 Å². The van der Waals surface area contributed by atoms with E-state index in [1.165, 1.54) is 0 Å². The number of benzene rings is 1. The van der Waals surface area contributed by atoms with Gasteiger partial charge in [0.25, 0.3) is 0 Å². The Balaban J connectivity index is 3.07. The van der Waals surface area contributed by atoms with Gasteiger partial charge < -0.3 is 4.74 Å². The van der Waals surface area contributed by atoms with Crippen molar-refractivity contribution in [2.45, 2.75) is 24.3 Å². The topological polar surface area (TPSA) is 55.4 Å². The van der Waals surface area contributed by atoms with Crippen molar-refractivity contribution in [2.75, 3.05) is 19.0 Å². The van der Waals surface area contributed by atoms with E-state index in [2.05, 4.69) is 52.5 Å². The Bertz CT molecular complexity index is 557. The second kappa shape index (κ2) is 8.24. The summed E-state index contributed by atoms with van der Waals surface area (Å²) in [6.45, 7) is 2.23. The Kier molecular flexibility index (Phi) is 7.65. The number of aryl methyl sites for hydroxylation is 1. The van der Waals surface area contributed by atoms with Gasteiger partial charge in [0, 0.05) is 27.4 Å². The second-order valence-corrected chi connectivity index (χ2v) is 8.47. The predicted molar refractivity (Wildman–Crippen MR) is 91.0 cm³/mol. The van der Waals surface area contributed by atoms with Crippen molar-refractivity contribution in [2.24, 2.45) is 0 Å². The number of halogens is 3. The smallest absolute Gasteiger partial charge is 0.242 e. The van der Waals surface area contributed by atoms with E-state index in [9.17, 15) is 8.42 Å². The maximum atomic E-state index is 12.4. The molecule has 0 saturated carbocycles. The molecule has 114 valence electrons. The maximum Gasteiger partial charge on any atom is 0.242 e. The third kappa shape index (κ3) is 5.06. The first-order chi connectivity index (χ1) is 9.31. The average Bonchev–Trinajstić information content (AvgIpc) is 2.33. The molecule has 1 aromatic rings. The van der Waals surface area contributed by atoms with Crippen LogP contribution in [0.3, 0.4) is 0 Å². The highest BCUT2D eigenvalue weighted by atomic mass is 79.9. The number of hydrogen-bond acceptors (Lipinski definition) is 3. The van der Waals surface area contributed by atoms with Crippen molar-refractivity contribution in [1.82, 2.24) is 4.72 Å². The predicted octanol–water partition coefficient (Wildman–Crippen LogP) is 3.60. The molecule has 20 heavy (non-hydrogen) atoms. The molecule has 4 nitrogen and oxygen atoms in total. The molecule has 0 radical (unpaired) electrons. The lowest BCUT2D eigenvalue weighted by Gasteiger charge is -2.18. The van der Waals surface area contributed by atoms with Crippen LogP contribution >= 0.6 is 47.8 Å². The zero-order chi connectivity index (χ0) is 15.3.